The highest BCUT2D eigenvalue weighted by Crippen LogP contribution is 2.19. The minimum Gasteiger partial charge on any atom is -0.386 e. The van der Waals surface area contributed by atoms with E-state index in [2.05, 4.69) is 26.4 Å². The minimum atomic E-state index is -0.523. The third-order valence-corrected chi connectivity index (χ3v) is 2.97. The number of halogens is 2. The first-order chi connectivity index (χ1) is 10.1. The summed E-state index contributed by atoms with van der Waals surface area (Å²) in [6, 6.07) is 13.7. The van der Waals surface area contributed by atoms with Crippen LogP contribution < -0.4 is 5.32 Å². The molecular formula is C15H12BrFN2O2. The molecule has 2 aromatic carbocycles. The summed E-state index contributed by atoms with van der Waals surface area (Å²) in [5.74, 6) is -1.01. The van der Waals surface area contributed by atoms with Gasteiger partial charge in [0.15, 0.2) is 6.61 Å². The monoisotopic (exact) mass is 350 g/mol. The van der Waals surface area contributed by atoms with E-state index in [1.165, 1.54) is 18.3 Å². The van der Waals surface area contributed by atoms with Crippen molar-refractivity contribution in [2.24, 2.45) is 5.16 Å². The normalized spacial score (nSPS) is 10.6. The minimum absolute atomic E-state index is 0.0961. The molecular weight excluding hydrogens is 339 g/mol. The maximum atomic E-state index is 13.5. The van der Waals surface area contributed by atoms with E-state index in [4.69, 9.17) is 4.84 Å². The maximum Gasteiger partial charge on any atom is 0.265 e. The first-order valence-corrected chi connectivity index (χ1v) is 6.90. The van der Waals surface area contributed by atoms with Crippen molar-refractivity contribution in [3.63, 3.8) is 0 Å². The number of hydrogen-bond donors (Lipinski definition) is 1. The molecule has 21 heavy (non-hydrogen) atoms. The zero-order chi connectivity index (χ0) is 15.1. The first kappa shape index (κ1) is 15.2. The van der Waals surface area contributed by atoms with Crippen molar-refractivity contribution in [2.75, 3.05) is 11.9 Å². The Morgan fingerprint density at radius 3 is 2.76 bits per heavy atom. The predicted octanol–water partition coefficient (Wildman–Crippen LogP) is 3.58. The van der Waals surface area contributed by atoms with Crippen molar-refractivity contribution in [1.82, 2.24) is 0 Å². The lowest BCUT2D eigenvalue weighted by atomic mass is 10.2. The van der Waals surface area contributed by atoms with E-state index < -0.39 is 11.7 Å². The highest BCUT2D eigenvalue weighted by Gasteiger charge is 2.07. The van der Waals surface area contributed by atoms with Crippen LogP contribution in [-0.4, -0.2) is 18.7 Å². The van der Waals surface area contributed by atoms with Crippen LogP contribution in [0.2, 0.25) is 0 Å². The number of carbonyl (C=O) groups is 1. The molecule has 0 atom stereocenters. The van der Waals surface area contributed by atoms with Gasteiger partial charge in [0.2, 0.25) is 0 Å². The number of hydrogen-bond acceptors (Lipinski definition) is 3. The number of anilines is 1. The van der Waals surface area contributed by atoms with E-state index in [0.717, 1.165) is 5.56 Å². The number of amides is 1. The van der Waals surface area contributed by atoms with Crippen molar-refractivity contribution in [3.05, 3.63) is 64.4 Å². The van der Waals surface area contributed by atoms with Gasteiger partial charge in [-0.15, -0.1) is 0 Å². The largest absolute Gasteiger partial charge is 0.386 e. The van der Waals surface area contributed by atoms with Crippen molar-refractivity contribution < 1.29 is 14.0 Å². The standard InChI is InChI=1S/C15H12BrFN2O2/c16-12-6-7-14(13(17)8-12)19-15(20)10-21-18-9-11-4-2-1-3-5-11/h1-9H,10H2,(H,19,20)/b18-9-. The van der Waals surface area contributed by atoms with Crippen LogP contribution in [0.25, 0.3) is 0 Å². The van der Waals surface area contributed by atoms with Crippen molar-refractivity contribution >= 4 is 33.7 Å². The Morgan fingerprint density at radius 2 is 2.05 bits per heavy atom. The SMILES string of the molecule is O=C(CO/N=C\c1ccccc1)Nc1ccc(Br)cc1F. The summed E-state index contributed by atoms with van der Waals surface area (Å²) in [6.07, 6.45) is 1.49. The lowest BCUT2D eigenvalue weighted by Crippen LogP contribution is -2.17. The second-order valence-electron chi connectivity index (χ2n) is 4.09. The summed E-state index contributed by atoms with van der Waals surface area (Å²) < 4.78 is 14.1. The quantitative estimate of drug-likeness (QED) is 0.661. The van der Waals surface area contributed by atoms with Crippen molar-refractivity contribution in [1.29, 1.82) is 0 Å². The Hall–Kier alpha value is -2.21. The van der Waals surface area contributed by atoms with Crippen LogP contribution >= 0.6 is 15.9 Å². The van der Waals surface area contributed by atoms with Crippen LogP contribution in [0.3, 0.4) is 0 Å². The Morgan fingerprint density at radius 1 is 1.29 bits per heavy atom. The predicted molar refractivity (Wildman–Crippen MR) is 82.7 cm³/mol. The highest BCUT2D eigenvalue weighted by atomic mass is 79.9. The fourth-order valence-electron chi connectivity index (χ4n) is 1.51. The van der Waals surface area contributed by atoms with Gasteiger partial charge in [0, 0.05) is 4.47 Å². The molecule has 0 aromatic heterocycles. The molecule has 0 fully saturated rings. The van der Waals surface area contributed by atoms with E-state index >= 15 is 0 Å². The van der Waals surface area contributed by atoms with Gasteiger partial charge in [-0.1, -0.05) is 51.4 Å². The molecule has 0 aliphatic rings. The first-order valence-electron chi connectivity index (χ1n) is 6.10. The Bertz CT molecular complexity index is 647. The Balaban J connectivity index is 1.81. The summed E-state index contributed by atoms with van der Waals surface area (Å²) in [6.45, 7) is -0.293. The summed E-state index contributed by atoms with van der Waals surface area (Å²) in [5.41, 5.74) is 0.954. The maximum absolute atomic E-state index is 13.5. The molecule has 2 rings (SSSR count). The molecule has 1 N–H and O–H groups in total. The summed E-state index contributed by atoms with van der Waals surface area (Å²) >= 11 is 3.14. The third kappa shape index (κ3) is 5.00. The van der Waals surface area contributed by atoms with Gasteiger partial charge >= 0.3 is 0 Å². The van der Waals surface area contributed by atoms with Gasteiger partial charge in [0.05, 0.1) is 11.9 Å². The third-order valence-electron chi connectivity index (χ3n) is 2.48. The van der Waals surface area contributed by atoms with Gasteiger partial charge in [0.1, 0.15) is 5.82 Å². The molecule has 108 valence electrons. The second-order valence-corrected chi connectivity index (χ2v) is 5.01. The molecule has 2 aromatic rings. The number of nitrogens with one attached hydrogen (secondary N) is 1. The van der Waals surface area contributed by atoms with Gasteiger partial charge in [-0.05, 0) is 23.8 Å². The number of carbonyl (C=O) groups excluding carboxylic acids is 1. The van der Waals surface area contributed by atoms with Gasteiger partial charge in [-0.3, -0.25) is 4.79 Å². The Kier molecular flexibility index (Phi) is 5.45. The van der Waals surface area contributed by atoms with E-state index in [-0.39, 0.29) is 12.3 Å². The van der Waals surface area contributed by atoms with E-state index in [0.29, 0.717) is 4.47 Å². The van der Waals surface area contributed by atoms with Crippen LogP contribution in [-0.2, 0) is 9.63 Å². The second kappa shape index (κ2) is 7.54. The van der Waals surface area contributed by atoms with E-state index in [1.54, 1.807) is 6.07 Å². The summed E-state index contributed by atoms with van der Waals surface area (Å²) in [5, 5.41) is 6.08. The molecule has 0 unspecified atom stereocenters. The molecule has 0 aliphatic heterocycles. The van der Waals surface area contributed by atoms with Crippen LogP contribution in [0.15, 0.2) is 58.2 Å². The van der Waals surface area contributed by atoms with Crippen molar-refractivity contribution in [2.45, 2.75) is 0 Å². The van der Waals surface area contributed by atoms with E-state index in [9.17, 15) is 9.18 Å². The topological polar surface area (TPSA) is 50.7 Å². The molecule has 6 heteroatoms. The van der Waals surface area contributed by atoms with Gasteiger partial charge in [-0.25, -0.2) is 4.39 Å². The molecule has 4 nitrogen and oxygen atoms in total. The molecule has 0 aliphatic carbocycles. The number of nitrogens with zero attached hydrogens (tertiary/aromatic N) is 1. The average Bonchev–Trinajstić information content (AvgIpc) is 2.48. The average molecular weight is 351 g/mol. The smallest absolute Gasteiger partial charge is 0.265 e. The van der Waals surface area contributed by atoms with Crippen LogP contribution in [0.4, 0.5) is 10.1 Å². The zero-order valence-electron chi connectivity index (χ0n) is 10.9. The van der Waals surface area contributed by atoms with E-state index in [1.807, 2.05) is 30.3 Å². The van der Waals surface area contributed by atoms with Crippen LogP contribution in [0.1, 0.15) is 5.56 Å². The number of benzene rings is 2. The zero-order valence-corrected chi connectivity index (χ0v) is 12.5. The molecule has 0 bridgehead atoms. The van der Waals surface area contributed by atoms with Crippen LogP contribution in [0.5, 0.6) is 0 Å². The summed E-state index contributed by atoms with van der Waals surface area (Å²) in [4.78, 5) is 16.4. The molecule has 1 amide bonds. The van der Waals surface area contributed by atoms with Crippen LogP contribution in [0, 0.1) is 5.82 Å². The van der Waals surface area contributed by atoms with Gasteiger partial charge in [0.25, 0.3) is 5.91 Å². The number of rotatable bonds is 5. The molecule has 0 saturated carbocycles. The molecule has 0 spiro atoms. The molecule has 0 saturated heterocycles. The lowest BCUT2D eigenvalue weighted by Gasteiger charge is -2.05. The Labute approximate surface area is 129 Å². The summed E-state index contributed by atoms with van der Waals surface area (Å²) in [7, 11) is 0. The van der Waals surface area contributed by atoms with Gasteiger partial charge in [-0.2, -0.15) is 0 Å². The van der Waals surface area contributed by atoms with Gasteiger partial charge < -0.3 is 10.2 Å². The highest BCUT2D eigenvalue weighted by molar-refractivity contribution is 9.10. The lowest BCUT2D eigenvalue weighted by molar-refractivity contribution is -0.120. The molecule has 0 heterocycles. The fraction of sp³-hybridized carbons (Fsp3) is 0.0667. The number of oxime groups is 1. The fourth-order valence-corrected chi connectivity index (χ4v) is 1.84. The van der Waals surface area contributed by atoms with Crippen molar-refractivity contribution in [3.8, 4) is 0 Å². The molecule has 0 radical (unpaired) electrons.